The number of carbonyl (C=O) groups excluding carboxylic acids is 1. The molecule has 6 heteroatoms. The Hall–Kier alpha value is -0.900. The molecular formula is C10H15O5P. The van der Waals surface area contributed by atoms with E-state index in [2.05, 4.69) is 0 Å². The van der Waals surface area contributed by atoms with Gasteiger partial charge in [-0.2, -0.15) is 0 Å². The largest absolute Gasteiger partial charge is 0.469 e. The van der Waals surface area contributed by atoms with Crippen molar-refractivity contribution in [3.8, 4) is 0 Å². The Morgan fingerprint density at radius 2 is 2.12 bits per heavy atom. The molecule has 90 valence electrons. The van der Waals surface area contributed by atoms with Gasteiger partial charge in [0.2, 0.25) is 0 Å². The molecule has 0 aliphatic rings. The van der Waals surface area contributed by atoms with Crippen molar-refractivity contribution in [2.24, 2.45) is 0 Å². The van der Waals surface area contributed by atoms with Gasteiger partial charge in [-0.15, -0.1) is 0 Å². The van der Waals surface area contributed by atoms with Crippen LogP contribution in [0.25, 0.3) is 0 Å². The zero-order valence-electron chi connectivity index (χ0n) is 9.21. The van der Waals surface area contributed by atoms with Crippen molar-refractivity contribution in [3.05, 3.63) is 24.2 Å². The maximum absolute atomic E-state index is 11.7. The molecule has 0 amide bonds. The standard InChI is InChI=1S/C10H15O5P/c1-10(2,16(12,13)14)9(11)6-5-8-4-3-7-15-8/h3-4,7H,5-6H2,1-2H3,(H2,12,13,14). The smallest absolute Gasteiger partial charge is 0.338 e. The lowest BCUT2D eigenvalue weighted by molar-refractivity contribution is -0.121. The molecule has 1 aromatic rings. The lowest BCUT2D eigenvalue weighted by atomic mass is 10.0. The SMILES string of the molecule is CC(C)(C(=O)CCc1ccco1)P(=O)(O)O. The van der Waals surface area contributed by atoms with Gasteiger partial charge < -0.3 is 14.2 Å². The van der Waals surface area contributed by atoms with Crippen LogP contribution in [0.15, 0.2) is 22.8 Å². The van der Waals surface area contributed by atoms with Crippen molar-refractivity contribution in [2.45, 2.75) is 31.8 Å². The second kappa shape index (κ2) is 4.53. The van der Waals surface area contributed by atoms with Gasteiger partial charge in [0.25, 0.3) is 0 Å². The summed E-state index contributed by atoms with van der Waals surface area (Å²) in [7, 11) is -4.41. The van der Waals surface area contributed by atoms with Crippen LogP contribution in [0.1, 0.15) is 26.0 Å². The first-order valence-electron chi connectivity index (χ1n) is 4.86. The molecule has 16 heavy (non-hydrogen) atoms. The molecule has 0 aromatic carbocycles. The van der Waals surface area contributed by atoms with E-state index in [0.29, 0.717) is 12.2 Å². The number of ketones is 1. The molecule has 0 saturated heterocycles. The number of hydrogen-bond acceptors (Lipinski definition) is 3. The van der Waals surface area contributed by atoms with Crippen LogP contribution >= 0.6 is 7.60 Å². The van der Waals surface area contributed by atoms with Gasteiger partial charge in [0.1, 0.15) is 10.9 Å². The summed E-state index contributed by atoms with van der Waals surface area (Å²) in [5.74, 6) is 0.173. The summed E-state index contributed by atoms with van der Waals surface area (Å²) in [6.07, 6.45) is 1.91. The minimum atomic E-state index is -4.41. The van der Waals surface area contributed by atoms with E-state index >= 15 is 0 Å². The van der Waals surface area contributed by atoms with Gasteiger partial charge in [-0.25, -0.2) is 0 Å². The molecule has 0 aliphatic heterocycles. The van der Waals surface area contributed by atoms with Crippen LogP contribution in [0, 0.1) is 0 Å². The second-order valence-corrected chi connectivity index (χ2v) is 6.31. The predicted octanol–water partition coefficient (Wildman–Crippen LogP) is 1.74. The fraction of sp³-hybridized carbons (Fsp3) is 0.500. The van der Waals surface area contributed by atoms with Crippen molar-refractivity contribution in [1.82, 2.24) is 0 Å². The average Bonchev–Trinajstić information content (AvgIpc) is 2.64. The van der Waals surface area contributed by atoms with Crippen LogP contribution in [0.5, 0.6) is 0 Å². The number of furan rings is 1. The highest BCUT2D eigenvalue weighted by atomic mass is 31.2. The van der Waals surface area contributed by atoms with Crippen LogP contribution in [-0.2, 0) is 15.8 Å². The predicted molar refractivity (Wildman–Crippen MR) is 58.2 cm³/mol. The average molecular weight is 246 g/mol. The monoisotopic (exact) mass is 246 g/mol. The summed E-state index contributed by atoms with van der Waals surface area (Å²) in [5, 5.41) is -1.63. The van der Waals surface area contributed by atoms with Crippen molar-refractivity contribution >= 4 is 13.4 Å². The fourth-order valence-electron chi connectivity index (χ4n) is 1.16. The molecule has 5 nitrogen and oxygen atoms in total. The molecule has 0 spiro atoms. The van der Waals surface area contributed by atoms with Gasteiger partial charge in [0, 0.05) is 12.8 Å². The third-order valence-electron chi connectivity index (χ3n) is 2.59. The van der Waals surface area contributed by atoms with Crippen molar-refractivity contribution in [1.29, 1.82) is 0 Å². The molecule has 0 saturated carbocycles. The van der Waals surface area contributed by atoms with E-state index in [4.69, 9.17) is 14.2 Å². The number of carbonyl (C=O) groups is 1. The molecule has 1 aromatic heterocycles. The van der Waals surface area contributed by atoms with Crippen LogP contribution in [0.2, 0.25) is 0 Å². The van der Waals surface area contributed by atoms with E-state index in [1.807, 2.05) is 0 Å². The van der Waals surface area contributed by atoms with Gasteiger partial charge in [0.15, 0.2) is 5.78 Å². The fourth-order valence-corrected chi connectivity index (χ4v) is 1.60. The van der Waals surface area contributed by atoms with Gasteiger partial charge in [-0.3, -0.25) is 9.36 Å². The van der Waals surface area contributed by atoms with Crippen molar-refractivity contribution in [2.75, 3.05) is 0 Å². The highest BCUT2D eigenvalue weighted by Gasteiger charge is 2.43. The number of aryl methyl sites for hydroxylation is 1. The zero-order valence-corrected chi connectivity index (χ0v) is 10.1. The summed E-state index contributed by atoms with van der Waals surface area (Å²) in [6.45, 7) is 2.52. The van der Waals surface area contributed by atoms with E-state index < -0.39 is 18.5 Å². The first-order valence-corrected chi connectivity index (χ1v) is 6.47. The van der Waals surface area contributed by atoms with E-state index in [-0.39, 0.29) is 6.42 Å². The molecule has 0 bridgehead atoms. The molecular weight excluding hydrogens is 231 g/mol. The van der Waals surface area contributed by atoms with Gasteiger partial charge in [-0.05, 0) is 26.0 Å². The summed E-state index contributed by atoms with van der Waals surface area (Å²) in [4.78, 5) is 29.8. The Bertz CT molecular complexity index is 401. The molecule has 0 radical (unpaired) electrons. The number of rotatable bonds is 5. The summed E-state index contributed by atoms with van der Waals surface area (Å²) in [6, 6.07) is 3.42. The normalized spacial score (nSPS) is 12.8. The molecule has 1 rings (SSSR count). The highest BCUT2D eigenvalue weighted by Crippen LogP contribution is 2.50. The Labute approximate surface area is 93.6 Å². The van der Waals surface area contributed by atoms with Crippen molar-refractivity contribution in [3.63, 3.8) is 0 Å². The Morgan fingerprint density at radius 3 is 2.56 bits per heavy atom. The van der Waals surface area contributed by atoms with Gasteiger partial charge in [-0.1, -0.05) is 0 Å². The Morgan fingerprint density at radius 1 is 1.50 bits per heavy atom. The third kappa shape index (κ3) is 2.82. The molecule has 0 unspecified atom stereocenters. The molecule has 0 atom stereocenters. The van der Waals surface area contributed by atoms with Crippen molar-refractivity contribution < 1.29 is 23.6 Å². The summed E-state index contributed by atoms with van der Waals surface area (Å²) < 4.78 is 16.1. The first-order chi connectivity index (χ1) is 7.25. The first kappa shape index (κ1) is 13.2. The van der Waals surface area contributed by atoms with E-state index in [9.17, 15) is 9.36 Å². The quantitative estimate of drug-likeness (QED) is 0.772. The van der Waals surface area contributed by atoms with Gasteiger partial charge >= 0.3 is 7.60 Å². The van der Waals surface area contributed by atoms with E-state index in [0.717, 1.165) is 0 Å². The van der Waals surface area contributed by atoms with Crippen LogP contribution in [0.4, 0.5) is 0 Å². The minimum absolute atomic E-state index is 0.0611. The topological polar surface area (TPSA) is 87.7 Å². The minimum Gasteiger partial charge on any atom is -0.469 e. The van der Waals surface area contributed by atoms with E-state index in [1.54, 1.807) is 12.1 Å². The third-order valence-corrected chi connectivity index (χ3v) is 4.29. The molecule has 0 aliphatic carbocycles. The zero-order chi connectivity index (χ0) is 12.4. The molecule has 0 fully saturated rings. The lowest BCUT2D eigenvalue weighted by Crippen LogP contribution is -2.31. The molecule has 2 N–H and O–H groups in total. The Balaban J connectivity index is 2.63. The van der Waals surface area contributed by atoms with Gasteiger partial charge in [0.05, 0.1) is 6.26 Å². The number of hydrogen-bond donors (Lipinski definition) is 2. The number of Topliss-reactive ketones (excluding diaryl/α,β-unsaturated/α-hetero) is 1. The summed E-state index contributed by atoms with van der Waals surface area (Å²) in [5.41, 5.74) is 0. The van der Waals surface area contributed by atoms with E-state index in [1.165, 1.54) is 20.1 Å². The second-order valence-electron chi connectivity index (χ2n) is 4.11. The Kier molecular flexibility index (Phi) is 3.73. The highest BCUT2D eigenvalue weighted by molar-refractivity contribution is 7.54. The lowest BCUT2D eigenvalue weighted by Gasteiger charge is -2.23. The molecule has 1 heterocycles. The van der Waals surface area contributed by atoms with Crippen LogP contribution in [-0.4, -0.2) is 20.7 Å². The van der Waals surface area contributed by atoms with Crippen LogP contribution < -0.4 is 0 Å². The van der Waals surface area contributed by atoms with Crippen LogP contribution in [0.3, 0.4) is 0 Å². The maximum atomic E-state index is 11.7. The summed E-state index contributed by atoms with van der Waals surface area (Å²) >= 11 is 0. The maximum Gasteiger partial charge on any atom is 0.338 e.